The highest BCUT2D eigenvalue weighted by Gasteiger charge is 2.27. The topological polar surface area (TPSA) is 52.9 Å². The Labute approximate surface area is 121 Å². The van der Waals surface area contributed by atoms with Gasteiger partial charge in [0, 0.05) is 19.1 Å². The fourth-order valence-corrected chi connectivity index (χ4v) is 2.62. The summed E-state index contributed by atoms with van der Waals surface area (Å²) >= 11 is 0. The zero-order chi connectivity index (χ0) is 14.4. The molecule has 1 fully saturated rings. The first kappa shape index (κ1) is 15.4. The number of aliphatic hydroxyl groups is 2. The van der Waals surface area contributed by atoms with Crippen LogP contribution in [0, 0.1) is 0 Å². The summed E-state index contributed by atoms with van der Waals surface area (Å²) in [4.78, 5) is 2.24. The van der Waals surface area contributed by atoms with Crippen LogP contribution in [0.3, 0.4) is 0 Å². The number of rotatable bonds is 6. The molecule has 1 aromatic rings. The van der Waals surface area contributed by atoms with Crippen LogP contribution in [0.5, 0.6) is 0 Å². The SMILES string of the molecule is CCC(O)CN1CCOCC1CC(O)c1ccccc1. The lowest BCUT2D eigenvalue weighted by Gasteiger charge is -2.37. The minimum absolute atomic E-state index is 0.167. The molecule has 1 aliphatic heterocycles. The first-order chi connectivity index (χ1) is 9.70. The van der Waals surface area contributed by atoms with Gasteiger partial charge in [0.05, 0.1) is 25.4 Å². The maximum absolute atomic E-state index is 10.3. The summed E-state index contributed by atoms with van der Waals surface area (Å²) in [5.74, 6) is 0. The molecule has 4 heteroatoms. The number of aliphatic hydroxyl groups excluding tert-OH is 2. The van der Waals surface area contributed by atoms with Crippen molar-refractivity contribution in [1.82, 2.24) is 4.90 Å². The highest BCUT2D eigenvalue weighted by atomic mass is 16.5. The summed E-state index contributed by atoms with van der Waals surface area (Å²) in [6.07, 6.45) is 0.611. The highest BCUT2D eigenvalue weighted by Crippen LogP contribution is 2.22. The number of hydrogen-bond acceptors (Lipinski definition) is 4. The average Bonchev–Trinajstić information content (AvgIpc) is 2.50. The Balaban J connectivity index is 1.94. The van der Waals surface area contributed by atoms with Crippen LogP contribution >= 0.6 is 0 Å². The minimum Gasteiger partial charge on any atom is -0.392 e. The normalized spacial score (nSPS) is 23.4. The maximum Gasteiger partial charge on any atom is 0.0805 e. The van der Waals surface area contributed by atoms with E-state index in [0.29, 0.717) is 26.2 Å². The van der Waals surface area contributed by atoms with Crippen LogP contribution in [0.4, 0.5) is 0 Å². The number of morpholine rings is 1. The van der Waals surface area contributed by atoms with E-state index in [9.17, 15) is 10.2 Å². The molecule has 3 unspecified atom stereocenters. The van der Waals surface area contributed by atoms with Crippen molar-refractivity contribution in [1.29, 1.82) is 0 Å². The van der Waals surface area contributed by atoms with Crippen molar-refractivity contribution in [3.05, 3.63) is 35.9 Å². The molecule has 1 aromatic carbocycles. The molecule has 112 valence electrons. The van der Waals surface area contributed by atoms with E-state index in [1.54, 1.807) is 0 Å². The molecule has 0 aromatic heterocycles. The molecule has 0 aliphatic carbocycles. The van der Waals surface area contributed by atoms with Crippen molar-refractivity contribution >= 4 is 0 Å². The standard InChI is InChI=1S/C16H25NO3/c1-2-15(18)11-17-8-9-20-12-14(17)10-16(19)13-6-4-3-5-7-13/h3-7,14-16,18-19H,2,8-12H2,1H3. The summed E-state index contributed by atoms with van der Waals surface area (Å²) < 4.78 is 5.53. The molecule has 1 aliphatic rings. The first-order valence-corrected chi connectivity index (χ1v) is 7.43. The van der Waals surface area contributed by atoms with E-state index in [2.05, 4.69) is 4.90 Å². The summed E-state index contributed by atoms with van der Waals surface area (Å²) in [6.45, 7) is 4.79. The average molecular weight is 279 g/mol. The third-order valence-electron chi connectivity index (χ3n) is 3.95. The van der Waals surface area contributed by atoms with Crippen LogP contribution in [-0.4, -0.2) is 53.6 Å². The molecule has 3 atom stereocenters. The molecule has 20 heavy (non-hydrogen) atoms. The second-order valence-corrected chi connectivity index (χ2v) is 5.45. The van der Waals surface area contributed by atoms with Gasteiger partial charge in [-0.2, -0.15) is 0 Å². The quantitative estimate of drug-likeness (QED) is 0.830. The van der Waals surface area contributed by atoms with E-state index in [4.69, 9.17) is 4.74 Å². The lowest BCUT2D eigenvalue weighted by atomic mass is 10.0. The summed E-state index contributed by atoms with van der Waals surface area (Å²) in [7, 11) is 0. The Kier molecular flexibility index (Phi) is 5.98. The fourth-order valence-electron chi connectivity index (χ4n) is 2.62. The van der Waals surface area contributed by atoms with Gasteiger partial charge in [-0.15, -0.1) is 0 Å². The van der Waals surface area contributed by atoms with Crippen molar-refractivity contribution in [2.75, 3.05) is 26.3 Å². The van der Waals surface area contributed by atoms with Gasteiger partial charge in [0.25, 0.3) is 0 Å². The predicted octanol–water partition coefficient (Wildman–Crippen LogP) is 1.58. The highest BCUT2D eigenvalue weighted by molar-refractivity contribution is 5.17. The Morgan fingerprint density at radius 2 is 2.05 bits per heavy atom. The van der Waals surface area contributed by atoms with Crippen LogP contribution in [0.25, 0.3) is 0 Å². The molecule has 1 heterocycles. The molecule has 0 spiro atoms. The maximum atomic E-state index is 10.3. The molecule has 0 amide bonds. The molecule has 2 N–H and O–H groups in total. The summed E-state index contributed by atoms with van der Waals surface area (Å²) in [6, 6.07) is 9.88. The second kappa shape index (κ2) is 7.74. The number of nitrogens with zero attached hydrogens (tertiary/aromatic N) is 1. The van der Waals surface area contributed by atoms with E-state index in [0.717, 1.165) is 18.5 Å². The Hall–Kier alpha value is -0.940. The van der Waals surface area contributed by atoms with Gasteiger partial charge >= 0.3 is 0 Å². The Bertz CT molecular complexity index is 385. The van der Waals surface area contributed by atoms with Crippen molar-refractivity contribution in [2.45, 2.75) is 38.0 Å². The number of hydrogen-bond donors (Lipinski definition) is 2. The van der Waals surface area contributed by atoms with Crippen LogP contribution in [0.1, 0.15) is 31.4 Å². The van der Waals surface area contributed by atoms with Crippen LogP contribution < -0.4 is 0 Å². The Morgan fingerprint density at radius 1 is 1.30 bits per heavy atom. The number of β-amino-alcohol motifs (C(OH)–C–C–N with tert-alkyl or cyclic N) is 1. The van der Waals surface area contributed by atoms with E-state index >= 15 is 0 Å². The number of benzene rings is 1. The second-order valence-electron chi connectivity index (χ2n) is 5.45. The Morgan fingerprint density at radius 3 is 2.75 bits per heavy atom. The van der Waals surface area contributed by atoms with Gasteiger partial charge in [0.2, 0.25) is 0 Å². The van der Waals surface area contributed by atoms with Gasteiger partial charge in [-0.3, -0.25) is 4.90 Å². The largest absolute Gasteiger partial charge is 0.392 e. The smallest absolute Gasteiger partial charge is 0.0805 e. The van der Waals surface area contributed by atoms with Gasteiger partial charge < -0.3 is 14.9 Å². The monoisotopic (exact) mass is 279 g/mol. The van der Waals surface area contributed by atoms with E-state index in [1.165, 1.54) is 0 Å². The molecular formula is C16H25NO3. The lowest BCUT2D eigenvalue weighted by Crippen LogP contribution is -2.49. The molecule has 0 saturated carbocycles. The molecule has 4 nitrogen and oxygen atoms in total. The molecule has 0 radical (unpaired) electrons. The van der Waals surface area contributed by atoms with Gasteiger partial charge in [0.1, 0.15) is 0 Å². The lowest BCUT2D eigenvalue weighted by molar-refractivity contribution is -0.0422. The third-order valence-corrected chi connectivity index (χ3v) is 3.95. The first-order valence-electron chi connectivity index (χ1n) is 7.43. The van der Waals surface area contributed by atoms with Gasteiger partial charge in [-0.05, 0) is 18.4 Å². The molecule has 1 saturated heterocycles. The third kappa shape index (κ3) is 4.28. The van der Waals surface area contributed by atoms with Crippen LogP contribution in [-0.2, 0) is 4.74 Å². The van der Waals surface area contributed by atoms with Gasteiger partial charge in [-0.25, -0.2) is 0 Å². The van der Waals surface area contributed by atoms with Gasteiger partial charge in [-0.1, -0.05) is 37.3 Å². The zero-order valence-corrected chi connectivity index (χ0v) is 12.1. The number of ether oxygens (including phenoxy) is 1. The van der Waals surface area contributed by atoms with Crippen LogP contribution in [0.15, 0.2) is 30.3 Å². The van der Waals surface area contributed by atoms with E-state index in [1.807, 2.05) is 37.3 Å². The molecule has 0 bridgehead atoms. The minimum atomic E-state index is -0.482. The van der Waals surface area contributed by atoms with Crippen molar-refractivity contribution in [2.24, 2.45) is 0 Å². The summed E-state index contributed by atoms with van der Waals surface area (Å²) in [5.41, 5.74) is 0.939. The van der Waals surface area contributed by atoms with Crippen molar-refractivity contribution in [3.63, 3.8) is 0 Å². The molecule has 2 rings (SSSR count). The van der Waals surface area contributed by atoms with Gasteiger partial charge in [0.15, 0.2) is 0 Å². The van der Waals surface area contributed by atoms with Crippen LogP contribution in [0.2, 0.25) is 0 Å². The van der Waals surface area contributed by atoms with Crippen molar-refractivity contribution in [3.8, 4) is 0 Å². The van der Waals surface area contributed by atoms with E-state index in [-0.39, 0.29) is 12.1 Å². The van der Waals surface area contributed by atoms with Crippen molar-refractivity contribution < 1.29 is 14.9 Å². The summed E-state index contributed by atoms with van der Waals surface area (Å²) in [5, 5.41) is 20.2. The van der Waals surface area contributed by atoms with E-state index < -0.39 is 6.10 Å². The molecular weight excluding hydrogens is 254 g/mol. The fraction of sp³-hybridized carbons (Fsp3) is 0.625. The predicted molar refractivity (Wildman–Crippen MR) is 78.5 cm³/mol. The zero-order valence-electron chi connectivity index (χ0n) is 12.1.